The molecule has 0 aromatic heterocycles. The lowest BCUT2D eigenvalue weighted by Gasteiger charge is -2.14. The number of amidine groups is 1. The Balaban J connectivity index is 1.74. The van der Waals surface area contributed by atoms with Gasteiger partial charge in [0, 0.05) is 26.0 Å². The summed E-state index contributed by atoms with van der Waals surface area (Å²) in [6, 6.07) is 10.9. The minimum absolute atomic E-state index is 0.395. The van der Waals surface area contributed by atoms with E-state index in [1.54, 1.807) is 7.11 Å². The fraction of sp³-hybridized carbons (Fsp3) is 0.533. The molecule has 0 bridgehead atoms. The molecular weight excluding hydrogens is 270 g/mol. The van der Waals surface area contributed by atoms with Crippen molar-refractivity contribution >= 4 is 16.9 Å². The van der Waals surface area contributed by atoms with Crippen molar-refractivity contribution < 1.29 is 4.74 Å². The molecule has 1 fully saturated rings. The Labute approximate surface area is 125 Å². The van der Waals surface area contributed by atoms with E-state index in [0.29, 0.717) is 6.04 Å². The summed E-state index contributed by atoms with van der Waals surface area (Å²) < 4.78 is 5.06. The van der Waals surface area contributed by atoms with Crippen molar-refractivity contribution in [3.8, 4) is 0 Å². The predicted molar refractivity (Wildman–Crippen MR) is 86.5 cm³/mol. The Kier molecular flexibility index (Phi) is 6.36. The molecule has 1 unspecified atom stereocenters. The molecule has 1 heterocycles. The average molecular weight is 293 g/mol. The van der Waals surface area contributed by atoms with Crippen LogP contribution in [0.4, 0.5) is 0 Å². The number of hydrogen-bond acceptors (Lipinski definition) is 4. The van der Waals surface area contributed by atoms with Gasteiger partial charge in [0.15, 0.2) is 5.17 Å². The molecule has 0 saturated carbocycles. The third kappa shape index (κ3) is 4.81. The lowest BCUT2D eigenvalue weighted by molar-refractivity contribution is 0.163. The highest BCUT2D eigenvalue weighted by Crippen LogP contribution is 2.25. The fourth-order valence-corrected chi connectivity index (χ4v) is 3.04. The molecule has 110 valence electrons. The number of aliphatic imine (C=N–C) groups is 1. The Morgan fingerprint density at radius 2 is 2.15 bits per heavy atom. The summed E-state index contributed by atoms with van der Waals surface area (Å²) in [5.41, 5.74) is 1.34. The lowest BCUT2D eigenvalue weighted by atomic mass is 10.1. The van der Waals surface area contributed by atoms with Gasteiger partial charge in [-0.05, 0) is 12.6 Å². The van der Waals surface area contributed by atoms with Crippen LogP contribution in [0.3, 0.4) is 0 Å². The molecule has 1 aliphatic heterocycles. The van der Waals surface area contributed by atoms with Crippen LogP contribution >= 0.6 is 11.8 Å². The van der Waals surface area contributed by atoms with E-state index in [0.717, 1.165) is 37.2 Å². The molecule has 0 radical (unpaired) electrons. The Bertz CT molecular complexity index is 424. The number of nitrogens with one attached hydrogen (secondary N) is 1. The second kappa shape index (κ2) is 8.29. The first-order valence-corrected chi connectivity index (χ1v) is 7.94. The van der Waals surface area contributed by atoms with Gasteiger partial charge < -0.3 is 15.0 Å². The summed E-state index contributed by atoms with van der Waals surface area (Å²) in [7, 11) is 3.83. The average Bonchev–Trinajstić information content (AvgIpc) is 2.95. The van der Waals surface area contributed by atoms with Gasteiger partial charge in [-0.1, -0.05) is 42.1 Å². The van der Waals surface area contributed by atoms with Crippen LogP contribution in [0.2, 0.25) is 0 Å². The van der Waals surface area contributed by atoms with Crippen LogP contribution in [0, 0.1) is 0 Å². The van der Waals surface area contributed by atoms with Crippen LogP contribution in [-0.4, -0.2) is 56.2 Å². The smallest absolute Gasteiger partial charge is 0.157 e. The van der Waals surface area contributed by atoms with Gasteiger partial charge in [0.2, 0.25) is 0 Å². The Morgan fingerprint density at radius 1 is 1.35 bits per heavy atom. The third-order valence-electron chi connectivity index (χ3n) is 3.30. The highest BCUT2D eigenvalue weighted by molar-refractivity contribution is 8.14. The molecule has 0 spiro atoms. The minimum atomic E-state index is 0.395. The first-order chi connectivity index (χ1) is 9.79. The van der Waals surface area contributed by atoms with E-state index in [1.807, 2.05) is 11.8 Å². The fourth-order valence-electron chi connectivity index (χ4n) is 2.03. The van der Waals surface area contributed by atoms with Crippen molar-refractivity contribution in [1.82, 2.24) is 10.2 Å². The lowest BCUT2D eigenvalue weighted by Crippen LogP contribution is -2.26. The summed E-state index contributed by atoms with van der Waals surface area (Å²) in [5, 5.41) is 4.56. The number of nitrogens with zero attached hydrogens (tertiary/aromatic N) is 2. The number of thioether (sulfide) groups is 1. The Hall–Kier alpha value is -1.04. The van der Waals surface area contributed by atoms with Crippen LogP contribution in [-0.2, 0) is 4.74 Å². The maximum atomic E-state index is 5.06. The maximum absolute atomic E-state index is 5.06. The first-order valence-electron chi connectivity index (χ1n) is 6.96. The van der Waals surface area contributed by atoms with Gasteiger partial charge in [-0.3, -0.25) is 4.99 Å². The summed E-state index contributed by atoms with van der Waals surface area (Å²) >= 11 is 1.81. The highest BCUT2D eigenvalue weighted by atomic mass is 32.2. The molecule has 2 rings (SSSR count). The van der Waals surface area contributed by atoms with Crippen molar-refractivity contribution in [3.05, 3.63) is 35.9 Å². The van der Waals surface area contributed by atoms with E-state index in [-0.39, 0.29) is 0 Å². The van der Waals surface area contributed by atoms with Crippen molar-refractivity contribution in [2.75, 3.05) is 46.2 Å². The van der Waals surface area contributed by atoms with Crippen LogP contribution in [0.15, 0.2) is 35.3 Å². The molecule has 4 nitrogen and oxygen atoms in total. The van der Waals surface area contributed by atoms with Gasteiger partial charge in [-0.15, -0.1) is 0 Å². The number of rotatable bonds is 7. The molecule has 0 aliphatic carbocycles. The van der Waals surface area contributed by atoms with Gasteiger partial charge in [0.05, 0.1) is 19.2 Å². The van der Waals surface area contributed by atoms with Gasteiger partial charge in [0.1, 0.15) is 0 Å². The molecule has 1 aromatic rings. The minimum Gasteiger partial charge on any atom is -0.383 e. The highest BCUT2D eigenvalue weighted by Gasteiger charge is 2.21. The second-order valence-corrected chi connectivity index (χ2v) is 5.91. The van der Waals surface area contributed by atoms with Gasteiger partial charge >= 0.3 is 0 Å². The Morgan fingerprint density at radius 3 is 2.90 bits per heavy atom. The van der Waals surface area contributed by atoms with Gasteiger partial charge in [-0.2, -0.15) is 0 Å². The van der Waals surface area contributed by atoms with Gasteiger partial charge in [0.25, 0.3) is 0 Å². The molecule has 1 aromatic carbocycles. The summed E-state index contributed by atoms with van der Waals surface area (Å²) in [5.74, 6) is 1.06. The molecule has 0 amide bonds. The van der Waals surface area contributed by atoms with Crippen LogP contribution in [0.1, 0.15) is 11.6 Å². The van der Waals surface area contributed by atoms with Crippen molar-refractivity contribution in [1.29, 1.82) is 0 Å². The van der Waals surface area contributed by atoms with E-state index in [9.17, 15) is 0 Å². The zero-order valence-electron chi connectivity index (χ0n) is 12.2. The van der Waals surface area contributed by atoms with Gasteiger partial charge in [-0.25, -0.2) is 0 Å². The molecule has 5 heteroatoms. The number of ether oxygens (including phenoxy) is 1. The van der Waals surface area contributed by atoms with Crippen LogP contribution < -0.4 is 5.32 Å². The van der Waals surface area contributed by atoms with E-state index in [4.69, 9.17) is 4.74 Å². The summed E-state index contributed by atoms with van der Waals surface area (Å²) in [4.78, 5) is 6.87. The molecule has 1 saturated heterocycles. The number of benzene rings is 1. The normalized spacial score (nSPS) is 20.6. The standard InChI is InChI=1S/C15H23N3OS/c1-18(10-11-19-2)9-8-16-15-17-14(12-20-15)13-6-4-3-5-7-13/h3-7,14H,8-12H2,1-2H3,(H,16,17). The maximum Gasteiger partial charge on any atom is 0.157 e. The monoisotopic (exact) mass is 293 g/mol. The zero-order chi connectivity index (χ0) is 14.2. The predicted octanol–water partition coefficient (Wildman–Crippen LogP) is 2.00. The third-order valence-corrected chi connectivity index (χ3v) is 4.32. The number of hydrogen-bond donors (Lipinski definition) is 1. The van der Waals surface area contributed by atoms with E-state index in [1.165, 1.54) is 5.56 Å². The molecular formula is C15H23N3OS. The van der Waals surface area contributed by atoms with E-state index >= 15 is 0 Å². The molecule has 1 N–H and O–H groups in total. The second-order valence-electron chi connectivity index (χ2n) is 4.90. The zero-order valence-corrected chi connectivity index (χ0v) is 13.0. The van der Waals surface area contributed by atoms with Crippen LogP contribution in [0.25, 0.3) is 0 Å². The topological polar surface area (TPSA) is 36.9 Å². The summed E-state index contributed by atoms with van der Waals surface area (Å²) in [6.07, 6.45) is 0. The summed E-state index contributed by atoms with van der Waals surface area (Å²) in [6.45, 7) is 3.52. The molecule has 1 atom stereocenters. The van der Waals surface area contributed by atoms with E-state index in [2.05, 4.69) is 52.6 Å². The van der Waals surface area contributed by atoms with E-state index < -0.39 is 0 Å². The van der Waals surface area contributed by atoms with Crippen LogP contribution in [0.5, 0.6) is 0 Å². The number of methoxy groups -OCH3 is 1. The first kappa shape index (κ1) is 15.4. The molecule has 20 heavy (non-hydrogen) atoms. The van der Waals surface area contributed by atoms with Crippen molar-refractivity contribution in [2.24, 2.45) is 4.99 Å². The largest absolute Gasteiger partial charge is 0.383 e. The quantitative estimate of drug-likeness (QED) is 0.834. The van der Waals surface area contributed by atoms with Crippen molar-refractivity contribution in [2.45, 2.75) is 6.04 Å². The molecule has 1 aliphatic rings. The van der Waals surface area contributed by atoms with Crippen molar-refractivity contribution in [3.63, 3.8) is 0 Å². The number of likely N-dealkylation sites (N-methyl/N-ethyl adjacent to an activating group) is 1. The SMILES string of the molecule is COCCN(C)CCN=C1NC(c2ccccc2)CS1.